The number of nitrogens with zero attached hydrogens (tertiary/aromatic N) is 2. The van der Waals surface area contributed by atoms with Crippen molar-refractivity contribution < 1.29 is 0 Å². The lowest BCUT2D eigenvalue weighted by Gasteiger charge is -2.35. The summed E-state index contributed by atoms with van der Waals surface area (Å²) < 4.78 is 0. The molecule has 2 nitrogen and oxygen atoms in total. The molecule has 0 unspecified atom stereocenters. The largest absolute Gasteiger partial charge is 0.310 e. The van der Waals surface area contributed by atoms with Crippen molar-refractivity contribution in [2.45, 2.75) is 122 Å². The van der Waals surface area contributed by atoms with Crippen molar-refractivity contribution in [1.82, 2.24) is 0 Å². The van der Waals surface area contributed by atoms with E-state index in [9.17, 15) is 0 Å². The number of hydrogen-bond donors (Lipinski definition) is 0. The van der Waals surface area contributed by atoms with Gasteiger partial charge >= 0.3 is 0 Å². The van der Waals surface area contributed by atoms with Crippen LogP contribution in [0.4, 0.5) is 34.1 Å². The van der Waals surface area contributed by atoms with Crippen LogP contribution in [0, 0.1) is 6.92 Å². The third-order valence-corrected chi connectivity index (χ3v) is 16.5. The Morgan fingerprint density at radius 3 is 1.18 bits per heavy atom. The standard InChI is InChI=1S/C69H70N2/c1-6-10-42-68(43-11-7-2)61-32-20-18-30-57(61)59-39-36-53(47-63(59)68)70(66-34-22-26-50-24-14-16-28-55(50)66)52-38-41-65(49(5)46-52)71(67-35-23-27-51-25-15-17-29-56(51)67)54-37-40-60-58-31-19-21-33-62(58)69(44-12-8-3,45-13-9-4)64(60)48-54/h14-41,46-48H,6-13,42-45H2,1-5H3. The molecule has 0 heterocycles. The first-order valence-electron chi connectivity index (χ1n) is 27.1. The molecule has 9 aromatic carbocycles. The summed E-state index contributed by atoms with van der Waals surface area (Å²) in [5.74, 6) is 0. The summed E-state index contributed by atoms with van der Waals surface area (Å²) in [7, 11) is 0. The second-order valence-electron chi connectivity index (χ2n) is 20.8. The molecule has 0 saturated heterocycles. The third-order valence-electron chi connectivity index (χ3n) is 16.5. The van der Waals surface area contributed by atoms with Crippen molar-refractivity contribution in [3.63, 3.8) is 0 Å². The molecule has 0 saturated carbocycles. The normalized spacial score (nSPS) is 13.8. The fourth-order valence-corrected chi connectivity index (χ4v) is 13.1. The Bertz CT molecular complexity index is 3350. The van der Waals surface area contributed by atoms with Gasteiger partial charge in [-0.2, -0.15) is 0 Å². The first kappa shape index (κ1) is 46.5. The highest BCUT2D eigenvalue weighted by Gasteiger charge is 2.44. The topological polar surface area (TPSA) is 6.48 Å². The van der Waals surface area contributed by atoms with Crippen LogP contribution < -0.4 is 9.80 Å². The molecule has 0 N–H and O–H groups in total. The van der Waals surface area contributed by atoms with Crippen LogP contribution in [0.15, 0.2) is 188 Å². The molecule has 11 rings (SSSR count). The number of anilines is 6. The number of rotatable bonds is 18. The van der Waals surface area contributed by atoms with Crippen molar-refractivity contribution in [2.24, 2.45) is 0 Å². The number of benzene rings is 9. The van der Waals surface area contributed by atoms with Gasteiger partial charge in [-0.25, -0.2) is 0 Å². The highest BCUT2D eigenvalue weighted by atomic mass is 15.2. The Morgan fingerprint density at radius 1 is 0.324 bits per heavy atom. The zero-order valence-corrected chi connectivity index (χ0v) is 42.8. The van der Waals surface area contributed by atoms with Crippen molar-refractivity contribution in [3.8, 4) is 22.3 Å². The maximum Gasteiger partial charge on any atom is 0.0540 e. The lowest BCUT2D eigenvalue weighted by molar-refractivity contribution is 0.414. The fourth-order valence-electron chi connectivity index (χ4n) is 13.1. The molecule has 71 heavy (non-hydrogen) atoms. The van der Waals surface area contributed by atoms with E-state index in [0.717, 1.165) is 31.4 Å². The number of fused-ring (bicyclic) bond motifs is 8. The van der Waals surface area contributed by atoms with Gasteiger partial charge in [0, 0.05) is 44.4 Å². The molecule has 356 valence electrons. The van der Waals surface area contributed by atoms with Gasteiger partial charge in [-0.3, -0.25) is 0 Å². The highest BCUT2D eigenvalue weighted by Crippen LogP contribution is 2.58. The monoisotopic (exact) mass is 927 g/mol. The summed E-state index contributed by atoms with van der Waals surface area (Å²) in [6.07, 6.45) is 14.2. The average molecular weight is 927 g/mol. The van der Waals surface area contributed by atoms with Crippen molar-refractivity contribution >= 4 is 55.7 Å². The molecule has 0 amide bonds. The zero-order chi connectivity index (χ0) is 48.5. The van der Waals surface area contributed by atoms with E-state index in [1.165, 1.54) is 151 Å². The van der Waals surface area contributed by atoms with Gasteiger partial charge < -0.3 is 9.80 Å². The quantitative estimate of drug-likeness (QED) is 0.0846. The van der Waals surface area contributed by atoms with Gasteiger partial charge in [0.15, 0.2) is 0 Å². The van der Waals surface area contributed by atoms with Gasteiger partial charge in [-0.1, -0.05) is 213 Å². The van der Waals surface area contributed by atoms with Gasteiger partial charge in [0.2, 0.25) is 0 Å². The second kappa shape index (κ2) is 19.7. The van der Waals surface area contributed by atoms with E-state index < -0.39 is 0 Å². The molecule has 2 aliphatic rings. The summed E-state index contributed by atoms with van der Waals surface area (Å²) >= 11 is 0. The van der Waals surface area contributed by atoms with Crippen LogP contribution in [0.2, 0.25) is 0 Å². The molecule has 0 bridgehead atoms. The maximum absolute atomic E-state index is 2.59. The second-order valence-corrected chi connectivity index (χ2v) is 20.8. The van der Waals surface area contributed by atoms with Crippen LogP contribution in [0.1, 0.15) is 133 Å². The van der Waals surface area contributed by atoms with Crippen LogP contribution in [0.3, 0.4) is 0 Å². The van der Waals surface area contributed by atoms with E-state index in [1.807, 2.05) is 0 Å². The van der Waals surface area contributed by atoms with Crippen molar-refractivity contribution in [2.75, 3.05) is 9.80 Å². The Kier molecular flexibility index (Phi) is 12.9. The number of unbranched alkanes of at least 4 members (excludes halogenated alkanes) is 4. The molecular formula is C69H70N2. The molecule has 0 aliphatic heterocycles. The Hall–Kier alpha value is -6.90. The van der Waals surface area contributed by atoms with Crippen LogP contribution in [0.5, 0.6) is 0 Å². The van der Waals surface area contributed by atoms with E-state index in [-0.39, 0.29) is 10.8 Å². The van der Waals surface area contributed by atoms with E-state index in [0.29, 0.717) is 0 Å². The predicted molar refractivity (Wildman–Crippen MR) is 306 cm³/mol. The Morgan fingerprint density at radius 2 is 0.704 bits per heavy atom. The van der Waals surface area contributed by atoms with E-state index in [4.69, 9.17) is 0 Å². The molecule has 0 radical (unpaired) electrons. The van der Waals surface area contributed by atoms with Crippen LogP contribution >= 0.6 is 0 Å². The van der Waals surface area contributed by atoms with Gasteiger partial charge in [0.05, 0.1) is 11.4 Å². The van der Waals surface area contributed by atoms with Gasteiger partial charge in [0.1, 0.15) is 0 Å². The molecule has 2 aliphatic carbocycles. The van der Waals surface area contributed by atoms with Crippen LogP contribution in [0.25, 0.3) is 43.8 Å². The summed E-state index contributed by atoms with van der Waals surface area (Å²) in [5.41, 5.74) is 20.0. The van der Waals surface area contributed by atoms with E-state index in [2.05, 4.69) is 232 Å². The van der Waals surface area contributed by atoms with Gasteiger partial charge in [0.25, 0.3) is 0 Å². The van der Waals surface area contributed by atoms with E-state index >= 15 is 0 Å². The molecule has 0 fully saturated rings. The summed E-state index contributed by atoms with van der Waals surface area (Å²) in [4.78, 5) is 5.12. The number of aryl methyl sites for hydroxylation is 1. The molecule has 9 aromatic rings. The first-order valence-corrected chi connectivity index (χ1v) is 27.1. The maximum atomic E-state index is 2.59. The van der Waals surface area contributed by atoms with Crippen molar-refractivity contribution in [3.05, 3.63) is 216 Å². The summed E-state index contributed by atoms with van der Waals surface area (Å²) in [6.45, 7) is 11.7. The third kappa shape index (κ3) is 7.95. The lowest BCUT2D eigenvalue weighted by atomic mass is 9.71. The van der Waals surface area contributed by atoms with E-state index in [1.54, 1.807) is 0 Å². The number of hydrogen-bond acceptors (Lipinski definition) is 2. The van der Waals surface area contributed by atoms with Crippen molar-refractivity contribution in [1.29, 1.82) is 0 Å². The predicted octanol–water partition coefficient (Wildman–Crippen LogP) is 20.5. The van der Waals surface area contributed by atoms with Gasteiger partial charge in [-0.15, -0.1) is 0 Å². The van der Waals surface area contributed by atoms with Crippen LogP contribution in [-0.2, 0) is 10.8 Å². The lowest BCUT2D eigenvalue weighted by Crippen LogP contribution is -2.26. The highest BCUT2D eigenvalue weighted by molar-refractivity contribution is 6.02. The minimum Gasteiger partial charge on any atom is -0.310 e. The summed E-state index contributed by atoms with van der Waals surface area (Å²) in [6, 6.07) is 72.1. The molecule has 2 heteroatoms. The fraction of sp³-hybridized carbons (Fsp3) is 0.275. The van der Waals surface area contributed by atoms with Crippen LogP contribution in [-0.4, -0.2) is 0 Å². The average Bonchev–Trinajstić information content (AvgIpc) is 3.85. The smallest absolute Gasteiger partial charge is 0.0540 e. The zero-order valence-electron chi connectivity index (χ0n) is 42.8. The molecular weight excluding hydrogens is 857 g/mol. The minimum absolute atomic E-state index is 0.0149. The molecule has 0 spiro atoms. The SMILES string of the molecule is CCCCC1(CCCC)c2ccccc2-c2ccc(N(c3ccc(N(c4ccc5c(c4)C(CCCC)(CCCC)c4ccccc4-5)c4cccc5ccccc45)c(C)c3)c3cccc4ccccc34)cc21. The first-order chi connectivity index (χ1) is 34.9. The van der Waals surface area contributed by atoms with Gasteiger partial charge in [-0.05, 0) is 148 Å². The minimum atomic E-state index is -0.0157. The Balaban J connectivity index is 1.11. The Labute approximate surface area is 424 Å². The molecule has 0 atom stereocenters. The molecule has 0 aromatic heterocycles. The summed E-state index contributed by atoms with van der Waals surface area (Å²) in [5, 5.41) is 4.98.